The minimum atomic E-state index is -1.05. The molecule has 1 N–H and O–H groups in total. The highest BCUT2D eigenvalue weighted by Crippen LogP contribution is 2.16. The Bertz CT molecular complexity index is 714. The number of aryl methyl sites for hydroxylation is 3. The van der Waals surface area contributed by atoms with Crippen molar-refractivity contribution in [2.45, 2.75) is 20.8 Å². The molecule has 0 bridgehead atoms. The number of hydrogen-bond donors (Lipinski definition) is 1. The second-order valence-electron chi connectivity index (χ2n) is 5.48. The average molecular weight is 301 g/mol. The number of benzene rings is 1. The van der Waals surface area contributed by atoms with Crippen LogP contribution >= 0.6 is 0 Å². The molecular formula is C16H19N3O3. The van der Waals surface area contributed by atoms with E-state index in [1.54, 1.807) is 10.7 Å². The first-order valence-corrected chi connectivity index (χ1v) is 6.90. The van der Waals surface area contributed by atoms with Gasteiger partial charge in [0.2, 0.25) is 0 Å². The quantitative estimate of drug-likeness (QED) is 0.936. The first kappa shape index (κ1) is 15.8. The maximum atomic E-state index is 12.2. The van der Waals surface area contributed by atoms with Gasteiger partial charge in [-0.3, -0.25) is 9.59 Å². The fourth-order valence-electron chi connectivity index (χ4n) is 2.38. The lowest BCUT2D eigenvalue weighted by Crippen LogP contribution is -2.32. The molecule has 0 aliphatic heterocycles. The second kappa shape index (κ2) is 6.01. The largest absolute Gasteiger partial charge is 0.480 e. The number of nitrogens with zero attached hydrogens (tertiary/aromatic N) is 3. The van der Waals surface area contributed by atoms with Gasteiger partial charge in [-0.15, -0.1) is 0 Å². The zero-order chi connectivity index (χ0) is 16.4. The molecule has 0 saturated carbocycles. The first-order valence-electron chi connectivity index (χ1n) is 6.90. The average Bonchev–Trinajstić information content (AvgIpc) is 2.78. The molecule has 1 amide bonds. The Hall–Kier alpha value is -2.63. The Balaban J connectivity index is 2.35. The van der Waals surface area contributed by atoms with Crippen molar-refractivity contribution in [2.24, 2.45) is 0 Å². The Morgan fingerprint density at radius 1 is 1.14 bits per heavy atom. The summed E-state index contributed by atoms with van der Waals surface area (Å²) in [5, 5.41) is 13.1. The minimum Gasteiger partial charge on any atom is -0.480 e. The molecule has 0 fully saturated rings. The minimum absolute atomic E-state index is 0.236. The van der Waals surface area contributed by atoms with Gasteiger partial charge in [-0.1, -0.05) is 6.07 Å². The summed E-state index contributed by atoms with van der Waals surface area (Å²) in [5.74, 6) is -1.46. The van der Waals surface area contributed by atoms with Crippen LogP contribution in [-0.2, 0) is 4.79 Å². The molecule has 0 radical (unpaired) electrons. The lowest BCUT2D eigenvalue weighted by molar-refractivity contribution is -0.137. The van der Waals surface area contributed by atoms with Gasteiger partial charge in [-0.25, -0.2) is 4.68 Å². The Kier molecular flexibility index (Phi) is 4.30. The lowest BCUT2D eigenvalue weighted by Gasteiger charge is -2.12. The molecule has 0 aliphatic rings. The van der Waals surface area contributed by atoms with E-state index in [2.05, 4.69) is 11.2 Å². The number of carboxylic acids is 1. The molecule has 22 heavy (non-hydrogen) atoms. The van der Waals surface area contributed by atoms with Gasteiger partial charge in [0.25, 0.3) is 5.91 Å². The van der Waals surface area contributed by atoms with Crippen LogP contribution in [0.15, 0.2) is 24.3 Å². The first-order chi connectivity index (χ1) is 10.3. The summed E-state index contributed by atoms with van der Waals surface area (Å²) < 4.78 is 1.70. The van der Waals surface area contributed by atoms with Crippen molar-refractivity contribution in [3.05, 3.63) is 46.8 Å². The van der Waals surface area contributed by atoms with Crippen molar-refractivity contribution >= 4 is 11.9 Å². The van der Waals surface area contributed by atoms with Gasteiger partial charge in [0.15, 0.2) is 5.69 Å². The number of likely N-dealkylation sites (N-methyl/N-ethyl adjacent to an activating group) is 1. The topological polar surface area (TPSA) is 75.4 Å². The second-order valence-corrected chi connectivity index (χ2v) is 5.48. The summed E-state index contributed by atoms with van der Waals surface area (Å²) in [4.78, 5) is 24.0. The van der Waals surface area contributed by atoms with E-state index in [9.17, 15) is 9.59 Å². The third kappa shape index (κ3) is 3.33. The van der Waals surface area contributed by atoms with Crippen LogP contribution in [0.1, 0.15) is 27.3 Å². The fraction of sp³-hybridized carbons (Fsp3) is 0.312. The van der Waals surface area contributed by atoms with E-state index < -0.39 is 11.9 Å². The van der Waals surface area contributed by atoms with Crippen LogP contribution in [0.5, 0.6) is 0 Å². The van der Waals surface area contributed by atoms with Crippen molar-refractivity contribution in [3.8, 4) is 5.69 Å². The number of rotatable bonds is 4. The summed E-state index contributed by atoms with van der Waals surface area (Å²) in [6.07, 6.45) is 0. The van der Waals surface area contributed by atoms with E-state index in [0.29, 0.717) is 0 Å². The Morgan fingerprint density at radius 3 is 2.27 bits per heavy atom. The molecule has 0 spiro atoms. The Morgan fingerprint density at radius 2 is 1.73 bits per heavy atom. The highest BCUT2D eigenvalue weighted by atomic mass is 16.4. The standard InChI is InChI=1S/C16H19N3O3/c1-10-5-11(2)7-13(6-10)19-12(3)8-14(17-19)16(22)18(4)9-15(20)21/h5-8H,9H2,1-4H3,(H,20,21). The third-order valence-electron chi connectivity index (χ3n) is 3.28. The molecule has 1 aromatic carbocycles. The highest BCUT2D eigenvalue weighted by Gasteiger charge is 2.19. The third-order valence-corrected chi connectivity index (χ3v) is 3.28. The van der Waals surface area contributed by atoms with Crippen LogP contribution in [0, 0.1) is 20.8 Å². The Labute approximate surface area is 129 Å². The predicted octanol–water partition coefficient (Wildman–Crippen LogP) is 1.95. The van der Waals surface area contributed by atoms with Gasteiger partial charge in [0.05, 0.1) is 5.69 Å². The normalized spacial score (nSPS) is 10.5. The number of carboxylic acid groups (broad SMARTS) is 1. The van der Waals surface area contributed by atoms with Gasteiger partial charge in [-0.2, -0.15) is 5.10 Å². The van der Waals surface area contributed by atoms with E-state index in [1.165, 1.54) is 7.05 Å². The van der Waals surface area contributed by atoms with Gasteiger partial charge < -0.3 is 10.0 Å². The summed E-state index contributed by atoms with van der Waals surface area (Å²) >= 11 is 0. The van der Waals surface area contributed by atoms with Gasteiger partial charge in [-0.05, 0) is 50.1 Å². The summed E-state index contributed by atoms with van der Waals surface area (Å²) in [7, 11) is 1.45. The van der Waals surface area contributed by atoms with E-state index >= 15 is 0 Å². The summed E-state index contributed by atoms with van der Waals surface area (Å²) in [6, 6.07) is 7.71. The van der Waals surface area contributed by atoms with Gasteiger partial charge >= 0.3 is 5.97 Å². The number of carbonyl (C=O) groups is 2. The molecule has 1 heterocycles. The molecule has 2 rings (SSSR count). The van der Waals surface area contributed by atoms with Gasteiger partial charge in [0.1, 0.15) is 6.54 Å². The zero-order valence-corrected chi connectivity index (χ0v) is 13.1. The molecular weight excluding hydrogens is 282 g/mol. The maximum Gasteiger partial charge on any atom is 0.323 e. The molecule has 116 valence electrons. The van der Waals surface area contributed by atoms with Crippen LogP contribution in [0.2, 0.25) is 0 Å². The number of aliphatic carboxylic acids is 1. The summed E-state index contributed by atoms with van der Waals surface area (Å²) in [6.45, 7) is 5.51. The predicted molar refractivity (Wildman–Crippen MR) is 82.4 cm³/mol. The monoisotopic (exact) mass is 301 g/mol. The molecule has 6 nitrogen and oxygen atoms in total. The van der Waals surface area contributed by atoms with Crippen LogP contribution < -0.4 is 0 Å². The zero-order valence-electron chi connectivity index (χ0n) is 13.1. The molecule has 0 atom stereocenters. The van der Waals surface area contributed by atoms with E-state index in [0.717, 1.165) is 27.4 Å². The van der Waals surface area contributed by atoms with Crippen LogP contribution in [0.4, 0.5) is 0 Å². The van der Waals surface area contributed by atoms with Crippen LogP contribution in [0.25, 0.3) is 5.69 Å². The highest BCUT2D eigenvalue weighted by molar-refractivity contribution is 5.94. The fourth-order valence-corrected chi connectivity index (χ4v) is 2.38. The maximum absolute atomic E-state index is 12.2. The summed E-state index contributed by atoms with van der Waals surface area (Å²) in [5.41, 5.74) is 4.16. The number of amides is 1. The van der Waals surface area contributed by atoms with Gasteiger partial charge in [0, 0.05) is 12.7 Å². The molecule has 1 aromatic heterocycles. The van der Waals surface area contributed by atoms with E-state index in [4.69, 9.17) is 5.11 Å². The van der Waals surface area contributed by atoms with Crippen LogP contribution in [0.3, 0.4) is 0 Å². The SMILES string of the molecule is Cc1cc(C)cc(-n2nc(C(=O)N(C)CC(=O)O)cc2C)c1. The van der Waals surface area contributed by atoms with Crippen molar-refractivity contribution < 1.29 is 14.7 Å². The number of aromatic nitrogens is 2. The van der Waals surface area contributed by atoms with Crippen molar-refractivity contribution in [1.29, 1.82) is 0 Å². The van der Waals surface area contributed by atoms with E-state index in [-0.39, 0.29) is 12.2 Å². The molecule has 0 unspecified atom stereocenters. The smallest absolute Gasteiger partial charge is 0.323 e. The van der Waals surface area contributed by atoms with Crippen molar-refractivity contribution in [3.63, 3.8) is 0 Å². The van der Waals surface area contributed by atoms with E-state index in [1.807, 2.05) is 32.9 Å². The van der Waals surface area contributed by atoms with Crippen LogP contribution in [-0.4, -0.2) is 45.3 Å². The van der Waals surface area contributed by atoms with Crippen molar-refractivity contribution in [2.75, 3.05) is 13.6 Å². The number of hydrogen-bond acceptors (Lipinski definition) is 3. The van der Waals surface area contributed by atoms with Crippen molar-refractivity contribution in [1.82, 2.24) is 14.7 Å². The molecule has 2 aromatic rings. The molecule has 6 heteroatoms. The lowest BCUT2D eigenvalue weighted by atomic mass is 10.1. The number of carbonyl (C=O) groups excluding carboxylic acids is 1. The molecule has 0 saturated heterocycles. The molecule has 0 aliphatic carbocycles.